The van der Waals surface area contributed by atoms with Gasteiger partial charge >= 0.3 is 0 Å². The molecule has 3 N–H and O–H groups in total. The molecule has 3 amide bonds. The number of rotatable bonds is 25. The second kappa shape index (κ2) is 22.2. The zero-order valence-corrected chi connectivity index (χ0v) is 35.4. The van der Waals surface area contributed by atoms with Crippen LogP contribution in [0.4, 0.5) is 0 Å². The molecule has 2 aromatic rings. The Balaban J connectivity index is 1.98. The lowest BCUT2D eigenvalue weighted by molar-refractivity contribution is -0.133. The van der Waals surface area contributed by atoms with Crippen LogP contribution in [-0.2, 0) is 18.8 Å². The number of unbranched alkanes of at least 4 members (excludes halogenated alkanes) is 5. The topological polar surface area (TPSA) is 96.5 Å². The molecule has 4 atom stereocenters. The summed E-state index contributed by atoms with van der Waals surface area (Å²) in [7, 11) is -2.96. The van der Waals surface area contributed by atoms with Gasteiger partial charge in [0.05, 0.1) is 18.1 Å². The first-order valence-electron chi connectivity index (χ1n) is 20.7. The molecule has 0 aromatic heterocycles. The lowest BCUT2D eigenvalue weighted by Crippen LogP contribution is -2.67. The first-order chi connectivity index (χ1) is 25.8. The molecule has 1 fully saturated rings. The van der Waals surface area contributed by atoms with Gasteiger partial charge in [-0.1, -0.05) is 146 Å². The van der Waals surface area contributed by atoms with Crippen LogP contribution in [-0.4, -0.2) is 51.3 Å². The highest BCUT2D eigenvalue weighted by Gasteiger charge is 2.51. The van der Waals surface area contributed by atoms with Crippen LogP contribution < -0.4 is 26.3 Å². The van der Waals surface area contributed by atoms with Crippen LogP contribution in [0.3, 0.4) is 0 Å². The summed E-state index contributed by atoms with van der Waals surface area (Å²) >= 11 is 0. The number of benzene rings is 2. The largest absolute Gasteiger partial charge is 0.405 e. The van der Waals surface area contributed by atoms with Crippen LogP contribution in [0, 0.1) is 17.3 Å². The number of amides is 3. The fourth-order valence-electron chi connectivity index (χ4n) is 8.28. The SMILES string of the molecule is C=CCCCC(CCCCCCC)C(=O)NC(CC(C)C)C(=O)NC(CO[Si](c1ccccc1)(c1ccccc1)C(C)(C)C)CC1(CC=C)CCNC1=O. The van der Waals surface area contributed by atoms with E-state index in [1.54, 1.807) is 0 Å². The maximum absolute atomic E-state index is 14.5. The standard InChI is InChI=1S/C46H71N3O4Si/c1-9-12-14-15-19-25-37(24-18-13-10-2)42(50)49-41(33-36(4)5)43(51)48-38(34-46(30-11-3)31-32-47-44(46)52)35-53-54(45(6,7)8,39-26-20-16-21-27-39)40-28-22-17-23-29-40/h10-11,16-17,20-23,26-29,36-38,41H,2-3,9,12-15,18-19,24-25,30-35H2,1,4-8H3,(H,47,52)(H,48,51)(H,49,50). The maximum atomic E-state index is 14.5. The van der Waals surface area contributed by atoms with Crippen LogP contribution in [0.1, 0.15) is 125 Å². The molecule has 4 unspecified atom stereocenters. The third kappa shape index (κ3) is 12.5. The van der Waals surface area contributed by atoms with Gasteiger partial charge in [-0.15, -0.1) is 13.2 Å². The number of allylic oxidation sites excluding steroid dienone is 2. The Bertz CT molecular complexity index is 1420. The summed E-state index contributed by atoms with van der Waals surface area (Å²) in [5.74, 6) is -0.266. The van der Waals surface area contributed by atoms with Crippen LogP contribution in [0.5, 0.6) is 0 Å². The molecule has 3 rings (SSSR count). The van der Waals surface area contributed by atoms with E-state index in [0.717, 1.165) is 48.9 Å². The van der Waals surface area contributed by atoms with Crippen LogP contribution in [0.25, 0.3) is 0 Å². The molecule has 54 heavy (non-hydrogen) atoms. The number of carbonyl (C=O) groups is 3. The molecule has 1 saturated heterocycles. The van der Waals surface area contributed by atoms with Crippen molar-refractivity contribution < 1.29 is 18.8 Å². The van der Waals surface area contributed by atoms with Crippen LogP contribution in [0.2, 0.25) is 5.04 Å². The van der Waals surface area contributed by atoms with Crippen molar-refractivity contribution in [3.63, 3.8) is 0 Å². The monoisotopic (exact) mass is 758 g/mol. The number of hydrogen-bond acceptors (Lipinski definition) is 4. The van der Waals surface area contributed by atoms with Gasteiger partial charge in [0, 0.05) is 12.5 Å². The molecular weight excluding hydrogens is 687 g/mol. The van der Waals surface area contributed by atoms with Crippen molar-refractivity contribution >= 4 is 36.4 Å². The van der Waals surface area contributed by atoms with Crippen molar-refractivity contribution in [3.05, 3.63) is 86.0 Å². The Morgan fingerprint density at radius 1 is 0.889 bits per heavy atom. The molecule has 8 heteroatoms. The smallest absolute Gasteiger partial charge is 0.261 e. The van der Waals surface area contributed by atoms with Crippen molar-refractivity contribution in [1.82, 2.24) is 16.0 Å². The van der Waals surface area contributed by atoms with Crippen molar-refractivity contribution in [3.8, 4) is 0 Å². The molecular formula is C46H71N3O4Si. The fourth-order valence-corrected chi connectivity index (χ4v) is 12.9. The minimum absolute atomic E-state index is 0.0135. The van der Waals surface area contributed by atoms with Crippen LogP contribution >= 0.6 is 0 Å². The van der Waals surface area contributed by atoms with E-state index in [0.29, 0.717) is 32.2 Å². The molecule has 0 spiro atoms. The zero-order chi connectivity index (χ0) is 39.6. The second-order valence-electron chi connectivity index (χ2n) is 17.0. The van der Waals surface area contributed by atoms with Gasteiger partial charge in [0.2, 0.25) is 17.7 Å². The second-order valence-corrected chi connectivity index (χ2v) is 21.3. The quantitative estimate of drug-likeness (QED) is 0.0539. The highest BCUT2D eigenvalue weighted by molar-refractivity contribution is 6.99. The van der Waals surface area contributed by atoms with Gasteiger partial charge in [-0.05, 0) is 72.7 Å². The summed E-state index contributed by atoms with van der Waals surface area (Å²) in [6.45, 7) is 21.7. The fraction of sp³-hybridized carbons (Fsp3) is 0.587. The Morgan fingerprint density at radius 3 is 2.02 bits per heavy atom. The molecule has 0 aliphatic carbocycles. The van der Waals surface area contributed by atoms with Crippen molar-refractivity contribution in [2.24, 2.45) is 17.3 Å². The summed E-state index contributed by atoms with van der Waals surface area (Å²) in [6.07, 6.45) is 14.8. The number of hydrogen-bond donors (Lipinski definition) is 3. The van der Waals surface area contributed by atoms with Gasteiger partial charge in [0.15, 0.2) is 0 Å². The average molecular weight is 758 g/mol. The minimum atomic E-state index is -2.96. The van der Waals surface area contributed by atoms with Gasteiger partial charge < -0.3 is 20.4 Å². The first-order valence-corrected chi connectivity index (χ1v) is 22.6. The van der Waals surface area contributed by atoms with Crippen LogP contribution in [0.15, 0.2) is 86.0 Å². The van der Waals surface area contributed by atoms with E-state index in [2.05, 4.69) is 119 Å². The third-order valence-corrected chi connectivity index (χ3v) is 16.1. The van der Waals surface area contributed by atoms with Crippen molar-refractivity contribution in [2.45, 2.75) is 142 Å². The highest BCUT2D eigenvalue weighted by Crippen LogP contribution is 2.39. The summed E-state index contributed by atoms with van der Waals surface area (Å²) in [5, 5.41) is 11.6. The number of nitrogens with one attached hydrogen (secondary N) is 3. The Kier molecular flexibility index (Phi) is 18.4. The minimum Gasteiger partial charge on any atom is -0.405 e. The molecule has 2 aromatic carbocycles. The van der Waals surface area contributed by atoms with E-state index < -0.39 is 25.8 Å². The highest BCUT2D eigenvalue weighted by atomic mass is 28.4. The predicted octanol–water partition coefficient (Wildman–Crippen LogP) is 8.38. The van der Waals surface area contributed by atoms with Gasteiger partial charge in [0.1, 0.15) is 6.04 Å². The lowest BCUT2D eigenvalue weighted by atomic mass is 9.77. The molecule has 1 aliphatic rings. The molecule has 0 bridgehead atoms. The third-order valence-electron chi connectivity index (χ3n) is 11.1. The molecule has 7 nitrogen and oxygen atoms in total. The van der Waals surface area contributed by atoms with Crippen molar-refractivity contribution in [2.75, 3.05) is 13.2 Å². The summed E-state index contributed by atoms with van der Waals surface area (Å²) < 4.78 is 7.38. The van der Waals surface area contributed by atoms with E-state index in [-0.39, 0.29) is 41.2 Å². The molecule has 0 radical (unpaired) electrons. The first kappa shape index (κ1) is 44.9. The Labute approximate surface area is 328 Å². The van der Waals surface area contributed by atoms with E-state index in [4.69, 9.17) is 4.43 Å². The van der Waals surface area contributed by atoms with Gasteiger partial charge in [-0.25, -0.2) is 0 Å². The van der Waals surface area contributed by atoms with Gasteiger partial charge in [-0.2, -0.15) is 0 Å². The summed E-state index contributed by atoms with van der Waals surface area (Å²) in [5.41, 5.74) is -0.709. The molecule has 1 aliphatic heterocycles. The predicted molar refractivity (Wildman–Crippen MR) is 227 cm³/mol. The lowest BCUT2D eigenvalue weighted by Gasteiger charge is -2.44. The molecule has 1 heterocycles. The van der Waals surface area contributed by atoms with Crippen molar-refractivity contribution in [1.29, 1.82) is 0 Å². The van der Waals surface area contributed by atoms with E-state index >= 15 is 0 Å². The van der Waals surface area contributed by atoms with E-state index in [1.165, 1.54) is 19.3 Å². The summed E-state index contributed by atoms with van der Waals surface area (Å²) in [4.78, 5) is 42.0. The number of carbonyl (C=O) groups excluding carboxylic acids is 3. The Hall–Kier alpha value is -3.49. The maximum Gasteiger partial charge on any atom is 0.261 e. The van der Waals surface area contributed by atoms with E-state index in [1.807, 2.05) is 24.3 Å². The normalized spacial score (nSPS) is 17.7. The average Bonchev–Trinajstić information content (AvgIpc) is 3.49. The summed E-state index contributed by atoms with van der Waals surface area (Å²) in [6, 6.07) is 19.7. The Morgan fingerprint density at radius 2 is 1.50 bits per heavy atom. The van der Waals surface area contributed by atoms with E-state index in [9.17, 15) is 14.4 Å². The molecule has 298 valence electrons. The molecule has 0 saturated carbocycles. The zero-order valence-electron chi connectivity index (χ0n) is 34.4. The van der Waals surface area contributed by atoms with Gasteiger partial charge in [0.25, 0.3) is 8.32 Å². The van der Waals surface area contributed by atoms with Gasteiger partial charge in [-0.3, -0.25) is 14.4 Å².